The summed E-state index contributed by atoms with van der Waals surface area (Å²) in [5, 5.41) is 10.9. The van der Waals surface area contributed by atoms with E-state index in [-0.39, 0.29) is 5.92 Å². The molecule has 4 rings (SSSR count). The number of hydrogen-bond donors (Lipinski definition) is 2. The zero-order valence-electron chi connectivity index (χ0n) is 20.3. The quantitative estimate of drug-likeness (QED) is 0.518. The van der Waals surface area contributed by atoms with Crippen LogP contribution in [-0.4, -0.2) is 46.4 Å². The van der Waals surface area contributed by atoms with Gasteiger partial charge in [0.05, 0.1) is 11.1 Å². The van der Waals surface area contributed by atoms with E-state index < -0.39 is 11.4 Å². The SMILES string of the molecule is Cc1cc(C)cc(-c2[nH]c3ccc(C(C)(C)C(=O)O)cc3c2C(C)CN2CCC(=O)CC2)c1. The summed E-state index contributed by atoms with van der Waals surface area (Å²) in [6.45, 7) is 12.4. The molecule has 1 fully saturated rings. The molecule has 0 amide bonds. The number of Topliss-reactive ketones (excluding diaryl/α,β-unsaturated/α-hetero) is 1. The Morgan fingerprint density at radius 3 is 2.33 bits per heavy atom. The average Bonchev–Trinajstić information content (AvgIpc) is 3.13. The van der Waals surface area contributed by atoms with Gasteiger partial charge in [-0.1, -0.05) is 30.2 Å². The summed E-state index contributed by atoms with van der Waals surface area (Å²) in [6.07, 6.45) is 1.25. The number of aromatic amines is 1. The van der Waals surface area contributed by atoms with Crippen molar-refractivity contribution in [2.75, 3.05) is 19.6 Å². The van der Waals surface area contributed by atoms with Crippen molar-refractivity contribution >= 4 is 22.7 Å². The molecule has 0 spiro atoms. The number of carboxylic acids is 1. The molecule has 0 aliphatic carbocycles. The molecule has 0 saturated carbocycles. The van der Waals surface area contributed by atoms with Gasteiger partial charge in [-0.3, -0.25) is 9.59 Å². The molecule has 3 aromatic rings. The van der Waals surface area contributed by atoms with Crippen molar-refractivity contribution in [2.45, 2.75) is 58.8 Å². The molecule has 2 N–H and O–H groups in total. The van der Waals surface area contributed by atoms with E-state index in [1.165, 1.54) is 16.7 Å². The Morgan fingerprint density at radius 1 is 1.09 bits per heavy atom. The Hall–Kier alpha value is -2.92. The molecule has 0 radical (unpaired) electrons. The van der Waals surface area contributed by atoms with Crippen molar-refractivity contribution < 1.29 is 14.7 Å². The van der Waals surface area contributed by atoms with Crippen molar-refractivity contribution in [1.29, 1.82) is 0 Å². The van der Waals surface area contributed by atoms with Gasteiger partial charge in [0.25, 0.3) is 0 Å². The Morgan fingerprint density at radius 2 is 1.73 bits per heavy atom. The number of carbonyl (C=O) groups excluding carboxylic acids is 1. The van der Waals surface area contributed by atoms with Gasteiger partial charge in [-0.2, -0.15) is 0 Å². The summed E-state index contributed by atoms with van der Waals surface area (Å²) in [6, 6.07) is 12.6. The van der Waals surface area contributed by atoms with Crippen molar-refractivity contribution in [3.8, 4) is 11.3 Å². The molecule has 1 aliphatic heterocycles. The van der Waals surface area contributed by atoms with Crippen molar-refractivity contribution in [2.24, 2.45) is 0 Å². The molecule has 2 heterocycles. The van der Waals surface area contributed by atoms with Gasteiger partial charge >= 0.3 is 5.97 Å². The van der Waals surface area contributed by atoms with Gasteiger partial charge in [0.2, 0.25) is 0 Å². The van der Waals surface area contributed by atoms with Gasteiger partial charge in [-0.15, -0.1) is 0 Å². The minimum Gasteiger partial charge on any atom is -0.481 e. The molecule has 1 atom stereocenters. The Kier molecular flexibility index (Phi) is 6.19. The molecule has 0 bridgehead atoms. The standard InChI is InChI=1S/C28H34N2O3/c1-17-12-18(2)14-20(13-17)26-25(19(3)16-30-10-8-22(31)9-11-30)23-15-21(6-7-24(23)29-26)28(4,5)27(32)33/h6-7,12-15,19,29H,8-11,16H2,1-5H3,(H,32,33). The number of carboxylic acid groups (broad SMARTS) is 1. The van der Waals surface area contributed by atoms with Gasteiger partial charge < -0.3 is 15.0 Å². The van der Waals surface area contributed by atoms with Gasteiger partial charge in [0, 0.05) is 43.4 Å². The maximum Gasteiger partial charge on any atom is 0.313 e. The van der Waals surface area contributed by atoms with Crippen LogP contribution in [0.25, 0.3) is 22.2 Å². The number of likely N-dealkylation sites (tertiary alicyclic amines) is 1. The van der Waals surface area contributed by atoms with Crippen LogP contribution in [0.1, 0.15) is 61.8 Å². The highest BCUT2D eigenvalue weighted by molar-refractivity contribution is 5.93. The summed E-state index contributed by atoms with van der Waals surface area (Å²) in [7, 11) is 0. The number of piperidine rings is 1. The normalized spacial score (nSPS) is 16.3. The molecule has 2 aromatic carbocycles. The molecule has 33 heavy (non-hydrogen) atoms. The second kappa shape index (κ2) is 8.79. The average molecular weight is 447 g/mol. The third-order valence-electron chi connectivity index (χ3n) is 7.04. The van der Waals surface area contributed by atoms with E-state index in [2.05, 4.69) is 54.9 Å². The van der Waals surface area contributed by atoms with Gasteiger partial charge in [0.15, 0.2) is 0 Å². The molecule has 1 aliphatic rings. The van der Waals surface area contributed by atoms with Gasteiger partial charge in [-0.05, 0) is 74.6 Å². The third kappa shape index (κ3) is 4.60. The topological polar surface area (TPSA) is 73.4 Å². The van der Waals surface area contributed by atoms with Crippen LogP contribution in [0.5, 0.6) is 0 Å². The van der Waals surface area contributed by atoms with Crippen LogP contribution in [0.15, 0.2) is 36.4 Å². The van der Waals surface area contributed by atoms with Crippen LogP contribution < -0.4 is 0 Å². The van der Waals surface area contributed by atoms with Crippen LogP contribution in [0.4, 0.5) is 0 Å². The number of carbonyl (C=O) groups is 2. The van der Waals surface area contributed by atoms with Crippen LogP contribution in [0.2, 0.25) is 0 Å². The highest BCUT2D eigenvalue weighted by atomic mass is 16.4. The summed E-state index contributed by atoms with van der Waals surface area (Å²) in [4.78, 5) is 29.7. The third-order valence-corrected chi connectivity index (χ3v) is 7.04. The smallest absolute Gasteiger partial charge is 0.313 e. The van der Waals surface area contributed by atoms with Crippen molar-refractivity contribution in [3.63, 3.8) is 0 Å². The lowest BCUT2D eigenvalue weighted by molar-refractivity contribution is -0.142. The first-order valence-electron chi connectivity index (χ1n) is 11.8. The van der Waals surface area contributed by atoms with Crippen LogP contribution >= 0.6 is 0 Å². The largest absolute Gasteiger partial charge is 0.481 e. The van der Waals surface area contributed by atoms with E-state index >= 15 is 0 Å². The molecule has 5 nitrogen and oxygen atoms in total. The van der Waals surface area contributed by atoms with E-state index in [0.29, 0.717) is 18.6 Å². The minimum absolute atomic E-state index is 0.214. The fourth-order valence-corrected chi connectivity index (χ4v) is 5.05. The Bertz CT molecular complexity index is 1190. The Balaban J connectivity index is 1.85. The molecular weight excluding hydrogens is 412 g/mol. The number of nitrogens with one attached hydrogen (secondary N) is 1. The maximum absolute atomic E-state index is 11.9. The lowest BCUT2D eigenvalue weighted by Crippen LogP contribution is -2.36. The molecule has 5 heteroatoms. The molecule has 1 unspecified atom stereocenters. The lowest BCUT2D eigenvalue weighted by Gasteiger charge is -2.29. The zero-order chi connectivity index (χ0) is 23.9. The zero-order valence-corrected chi connectivity index (χ0v) is 20.3. The number of fused-ring (bicyclic) bond motifs is 1. The van der Waals surface area contributed by atoms with Gasteiger partial charge in [0.1, 0.15) is 5.78 Å². The first-order chi connectivity index (χ1) is 15.6. The summed E-state index contributed by atoms with van der Waals surface area (Å²) in [5.41, 5.74) is 6.74. The fourth-order valence-electron chi connectivity index (χ4n) is 5.05. The van der Waals surface area contributed by atoms with E-state index in [0.717, 1.165) is 47.4 Å². The highest BCUT2D eigenvalue weighted by Crippen LogP contribution is 2.39. The molecular formula is C28H34N2O3. The van der Waals surface area contributed by atoms with E-state index in [1.807, 2.05) is 12.1 Å². The predicted molar refractivity (Wildman–Crippen MR) is 133 cm³/mol. The predicted octanol–water partition coefficient (Wildman–Crippen LogP) is 5.58. The van der Waals surface area contributed by atoms with E-state index in [9.17, 15) is 14.7 Å². The molecule has 1 aromatic heterocycles. The number of aryl methyl sites for hydroxylation is 2. The number of nitrogens with zero attached hydrogens (tertiary/aromatic N) is 1. The first kappa shape index (κ1) is 23.2. The van der Waals surface area contributed by atoms with Crippen LogP contribution in [0.3, 0.4) is 0 Å². The number of aromatic nitrogens is 1. The number of hydrogen-bond acceptors (Lipinski definition) is 3. The van der Waals surface area contributed by atoms with Gasteiger partial charge in [-0.25, -0.2) is 0 Å². The number of H-pyrrole nitrogens is 1. The first-order valence-corrected chi connectivity index (χ1v) is 11.8. The lowest BCUT2D eigenvalue weighted by atomic mass is 9.83. The second-order valence-electron chi connectivity index (χ2n) is 10.2. The second-order valence-corrected chi connectivity index (χ2v) is 10.2. The minimum atomic E-state index is -0.973. The number of aliphatic carboxylic acids is 1. The maximum atomic E-state index is 11.9. The fraction of sp³-hybridized carbons (Fsp3) is 0.429. The van der Waals surface area contributed by atoms with E-state index in [4.69, 9.17) is 0 Å². The number of ketones is 1. The van der Waals surface area contributed by atoms with E-state index in [1.54, 1.807) is 13.8 Å². The highest BCUT2D eigenvalue weighted by Gasteiger charge is 2.31. The summed E-state index contributed by atoms with van der Waals surface area (Å²) in [5.74, 6) is -0.270. The molecule has 174 valence electrons. The summed E-state index contributed by atoms with van der Waals surface area (Å²) >= 11 is 0. The summed E-state index contributed by atoms with van der Waals surface area (Å²) < 4.78 is 0. The monoisotopic (exact) mass is 446 g/mol. The Labute approximate surface area is 195 Å². The number of rotatable bonds is 6. The van der Waals surface area contributed by atoms with Crippen LogP contribution in [0, 0.1) is 13.8 Å². The number of benzene rings is 2. The molecule has 1 saturated heterocycles. The van der Waals surface area contributed by atoms with Crippen LogP contribution in [-0.2, 0) is 15.0 Å². The van der Waals surface area contributed by atoms with Crippen molar-refractivity contribution in [3.05, 3.63) is 58.7 Å². The van der Waals surface area contributed by atoms with Crippen molar-refractivity contribution in [1.82, 2.24) is 9.88 Å².